The van der Waals surface area contributed by atoms with E-state index in [1.165, 1.54) is 17.3 Å². The van der Waals surface area contributed by atoms with Crippen molar-refractivity contribution in [3.8, 4) is 11.5 Å². The van der Waals surface area contributed by atoms with Gasteiger partial charge in [-0.3, -0.25) is 14.5 Å². The Labute approximate surface area is 185 Å². The summed E-state index contributed by atoms with van der Waals surface area (Å²) in [6, 6.07) is 9.76. The minimum Gasteiger partial charge on any atom is -0.454 e. The number of nitrogens with zero attached hydrogens (tertiary/aromatic N) is 2. The standard InChI is InChI=1S/C24H24N2O4S/c1-13-7-16-14(2)10-23(3,4)26-21(16)17(8-13)24(22(26)28)25(20(27)11-31-24)15-5-6-18-19(9-15)30-12-29-18/h5-9,14H,10-12H2,1-4H3/t14-,24+/m1/s1. The molecule has 2 amide bonds. The molecule has 0 unspecified atom stereocenters. The average Bonchev–Trinajstić information content (AvgIpc) is 3.37. The van der Waals surface area contributed by atoms with Crippen LogP contribution in [0.4, 0.5) is 11.4 Å². The summed E-state index contributed by atoms with van der Waals surface area (Å²) in [6.45, 7) is 8.71. The summed E-state index contributed by atoms with van der Waals surface area (Å²) in [5.41, 5.74) is 4.57. The van der Waals surface area contributed by atoms with E-state index in [1.54, 1.807) is 4.90 Å². The molecule has 160 valence electrons. The molecule has 0 aromatic heterocycles. The number of carbonyl (C=O) groups is 2. The lowest BCUT2D eigenvalue weighted by Gasteiger charge is -2.44. The summed E-state index contributed by atoms with van der Waals surface area (Å²) in [4.78, 5) is 30.1. The number of hydrogen-bond acceptors (Lipinski definition) is 5. The molecule has 2 aromatic rings. The van der Waals surface area contributed by atoms with Crippen LogP contribution in [0.1, 0.15) is 49.8 Å². The van der Waals surface area contributed by atoms with Crippen LogP contribution in [-0.2, 0) is 14.5 Å². The number of rotatable bonds is 1. The van der Waals surface area contributed by atoms with Gasteiger partial charge in [0.2, 0.25) is 17.6 Å². The van der Waals surface area contributed by atoms with Crippen LogP contribution in [0.2, 0.25) is 0 Å². The van der Waals surface area contributed by atoms with Gasteiger partial charge in [-0.25, -0.2) is 0 Å². The maximum atomic E-state index is 14.3. The van der Waals surface area contributed by atoms with Crippen molar-refractivity contribution in [2.45, 2.75) is 50.4 Å². The maximum absolute atomic E-state index is 14.3. The number of anilines is 2. The van der Waals surface area contributed by atoms with Crippen molar-refractivity contribution in [1.29, 1.82) is 0 Å². The third-order valence-electron chi connectivity index (χ3n) is 6.89. The average molecular weight is 437 g/mol. The molecule has 0 bridgehead atoms. The molecule has 4 aliphatic rings. The largest absolute Gasteiger partial charge is 0.454 e. The third-order valence-corrected chi connectivity index (χ3v) is 8.28. The number of thioether (sulfide) groups is 1. The van der Waals surface area contributed by atoms with Gasteiger partial charge < -0.3 is 14.4 Å². The molecule has 0 radical (unpaired) electrons. The van der Waals surface area contributed by atoms with Crippen molar-refractivity contribution in [3.05, 3.63) is 47.0 Å². The zero-order valence-electron chi connectivity index (χ0n) is 18.0. The first-order valence-corrected chi connectivity index (χ1v) is 11.6. The van der Waals surface area contributed by atoms with Gasteiger partial charge in [-0.1, -0.05) is 24.6 Å². The lowest BCUT2D eigenvalue weighted by atomic mass is 9.80. The molecule has 1 spiro atoms. The molecule has 2 atom stereocenters. The quantitative estimate of drug-likeness (QED) is 0.668. The number of aryl methyl sites for hydroxylation is 1. The van der Waals surface area contributed by atoms with Crippen LogP contribution in [0.3, 0.4) is 0 Å². The lowest BCUT2D eigenvalue weighted by molar-refractivity contribution is -0.124. The number of hydrogen-bond donors (Lipinski definition) is 0. The third kappa shape index (κ3) is 2.30. The van der Waals surface area contributed by atoms with Gasteiger partial charge in [0, 0.05) is 22.9 Å². The maximum Gasteiger partial charge on any atom is 0.269 e. The molecule has 4 heterocycles. The van der Waals surface area contributed by atoms with Crippen molar-refractivity contribution in [2.75, 3.05) is 22.3 Å². The highest BCUT2D eigenvalue weighted by Crippen LogP contribution is 2.61. The molecule has 1 fully saturated rings. The van der Waals surface area contributed by atoms with E-state index in [0.29, 0.717) is 23.1 Å². The van der Waals surface area contributed by atoms with E-state index in [2.05, 4.69) is 39.8 Å². The highest BCUT2D eigenvalue weighted by atomic mass is 32.2. The normalized spacial score (nSPS) is 27.4. The zero-order valence-corrected chi connectivity index (χ0v) is 18.8. The van der Waals surface area contributed by atoms with Crippen LogP contribution in [0.15, 0.2) is 30.3 Å². The highest BCUT2D eigenvalue weighted by molar-refractivity contribution is 8.02. The first-order valence-electron chi connectivity index (χ1n) is 10.6. The number of ether oxygens (including phenoxy) is 2. The molecule has 0 aliphatic carbocycles. The summed E-state index contributed by atoms with van der Waals surface area (Å²) in [6.07, 6.45) is 0.882. The smallest absolute Gasteiger partial charge is 0.269 e. The van der Waals surface area contributed by atoms with E-state index in [-0.39, 0.29) is 29.9 Å². The van der Waals surface area contributed by atoms with Gasteiger partial charge in [0.25, 0.3) is 5.91 Å². The van der Waals surface area contributed by atoms with Crippen LogP contribution >= 0.6 is 11.8 Å². The molecule has 0 saturated carbocycles. The molecular weight excluding hydrogens is 412 g/mol. The summed E-state index contributed by atoms with van der Waals surface area (Å²) in [5.74, 6) is 1.75. The number of benzene rings is 2. The fraction of sp³-hybridized carbons (Fsp3) is 0.417. The Kier molecular flexibility index (Phi) is 3.67. The molecule has 6 rings (SSSR count). The Morgan fingerprint density at radius 1 is 1.06 bits per heavy atom. The Morgan fingerprint density at radius 2 is 1.84 bits per heavy atom. The molecule has 1 saturated heterocycles. The Hall–Kier alpha value is -2.67. The molecule has 4 aliphatic heterocycles. The molecule has 2 aromatic carbocycles. The first-order chi connectivity index (χ1) is 14.7. The van der Waals surface area contributed by atoms with E-state index in [4.69, 9.17) is 9.47 Å². The fourth-order valence-corrected chi connectivity index (χ4v) is 7.09. The van der Waals surface area contributed by atoms with Gasteiger partial charge >= 0.3 is 0 Å². The van der Waals surface area contributed by atoms with Gasteiger partial charge in [-0.05, 0) is 50.8 Å². The van der Waals surface area contributed by atoms with Gasteiger partial charge in [-0.2, -0.15) is 0 Å². The van der Waals surface area contributed by atoms with Gasteiger partial charge in [0.1, 0.15) is 0 Å². The summed E-state index contributed by atoms with van der Waals surface area (Å²) in [5, 5.41) is 0. The molecule has 0 N–H and O–H groups in total. The van der Waals surface area contributed by atoms with E-state index >= 15 is 0 Å². The molecule has 6 nitrogen and oxygen atoms in total. The summed E-state index contributed by atoms with van der Waals surface area (Å²) >= 11 is 1.43. The summed E-state index contributed by atoms with van der Waals surface area (Å²) < 4.78 is 11.0. The number of amides is 2. The Bertz CT molecular complexity index is 1180. The van der Waals surface area contributed by atoms with Crippen molar-refractivity contribution in [1.82, 2.24) is 0 Å². The predicted octanol–water partition coefficient (Wildman–Crippen LogP) is 4.29. The minimum atomic E-state index is -1.10. The van der Waals surface area contributed by atoms with Gasteiger partial charge in [-0.15, -0.1) is 11.8 Å². The topological polar surface area (TPSA) is 59.1 Å². The van der Waals surface area contributed by atoms with Gasteiger partial charge in [0.05, 0.1) is 11.4 Å². The Balaban J connectivity index is 1.61. The SMILES string of the molecule is Cc1cc2c3c(c1)[C@]1(SCC(=O)N1c1ccc4c(c1)OCO4)C(=O)N3C(C)(C)C[C@H]2C. The zero-order chi connectivity index (χ0) is 21.7. The minimum absolute atomic E-state index is 0.0280. The molecular formula is C24H24N2O4S. The highest BCUT2D eigenvalue weighted by Gasteiger charge is 2.64. The van der Waals surface area contributed by atoms with Crippen molar-refractivity contribution in [2.24, 2.45) is 0 Å². The van der Waals surface area contributed by atoms with E-state index in [9.17, 15) is 9.59 Å². The Morgan fingerprint density at radius 3 is 2.65 bits per heavy atom. The van der Waals surface area contributed by atoms with E-state index in [1.807, 2.05) is 23.1 Å². The first kappa shape index (κ1) is 19.0. The van der Waals surface area contributed by atoms with Gasteiger partial charge in [0.15, 0.2) is 11.5 Å². The second-order valence-corrected chi connectivity index (χ2v) is 10.7. The second kappa shape index (κ2) is 5.97. The number of carbonyl (C=O) groups excluding carboxylic acids is 2. The van der Waals surface area contributed by atoms with E-state index < -0.39 is 4.87 Å². The van der Waals surface area contributed by atoms with Crippen LogP contribution in [0.5, 0.6) is 11.5 Å². The van der Waals surface area contributed by atoms with Crippen LogP contribution in [0, 0.1) is 6.92 Å². The van der Waals surface area contributed by atoms with E-state index in [0.717, 1.165) is 23.2 Å². The monoisotopic (exact) mass is 436 g/mol. The van der Waals surface area contributed by atoms with Crippen molar-refractivity contribution < 1.29 is 19.1 Å². The molecule has 7 heteroatoms. The van der Waals surface area contributed by atoms with Crippen LogP contribution in [-0.4, -0.2) is 29.9 Å². The predicted molar refractivity (Wildman–Crippen MR) is 120 cm³/mol. The van der Waals surface area contributed by atoms with Crippen LogP contribution < -0.4 is 19.3 Å². The number of fused-ring (bicyclic) bond motifs is 2. The molecule has 31 heavy (non-hydrogen) atoms. The van der Waals surface area contributed by atoms with Crippen LogP contribution in [0.25, 0.3) is 0 Å². The van der Waals surface area contributed by atoms with Crippen molar-refractivity contribution in [3.63, 3.8) is 0 Å². The lowest BCUT2D eigenvalue weighted by Crippen LogP contribution is -2.56. The fourth-order valence-electron chi connectivity index (χ4n) is 5.76. The summed E-state index contributed by atoms with van der Waals surface area (Å²) in [7, 11) is 0. The second-order valence-electron chi connectivity index (χ2n) is 9.51. The van der Waals surface area contributed by atoms with Crippen molar-refractivity contribution >= 4 is 35.0 Å².